The van der Waals surface area contributed by atoms with Crippen LogP contribution in [0.25, 0.3) is 10.8 Å². The van der Waals surface area contributed by atoms with Crippen molar-refractivity contribution in [2.75, 3.05) is 11.9 Å². The predicted molar refractivity (Wildman–Crippen MR) is 98.0 cm³/mol. The molecule has 0 saturated heterocycles. The summed E-state index contributed by atoms with van der Waals surface area (Å²) in [5.41, 5.74) is 8.33. The van der Waals surface area contributed by atoms with E-state index in [2.05, 4.69) is 70.4 Å². The molecule has 4 rings (SSSR count). The second-order valence-corrected chi connectivity index (χ2v) is 6.72. The van der Waals surface area contributed by atoms with Crippen LogP contribution in [0.4, 0.5) is 5.82 Å². The summed E-state index contributed by atoms with van der Waals surface area (Å²) in [6.07, 6.45) is 3.74. The van der Waals surface area contributed by atoms with E-state index in [1.165, 1.54) is 16.3 Å². The fourth-order valence-electron chi connectivity index (χ4n) is 3.46. The number of nitrogens with two attached hydrogens (primary N) is 1. The third kappa shape index (κ3) is 2.85. The van der Waals surface area contributed by atoms with Crippen molar-refractivity contribution >= 4 is 16.6 Å². The van der Waals surface area contributed by atoms with E-state index in [9.17, 15) is 0 Å². The van der Waals surface area contributed by atoms with E-state index in [1.807, 2.05) is 0 Å². The molecule has 1 heterocycles. The molecule has 1 aliphatic carbocycles. The molecule has 1 fully saturated rings. The molecule has 3 aromatic rings. The lowest BCUT2D eigenvalue weighted by Gasteiger charge is -2.32. The van der Waals surface area contributed by atoms with E-state index in [0.29, 0.717) is 12.0 Å². The van der Waals surface area contributed by atoms with Gasteiger partial charge in [-0.25, -0.2) is 9.97 Å². The Hall–Kier alpha value is -2.46. The van der Waals surface area contributed by atoms with Crippen molar-refractivity contribution in [1.82, 2.24) is 9.97 Å². The number of hydrogen-bond acceptors (Lipinski definition) is 4. The molecule has 0 radical (unpaired) electrons. The van der Waals surface area contributed by atoms with Gasteiger partial charge in [0, 0.05) is 37.3 Å². The Labute approximate surface area is 142 Å². The average Bonchev–Trinajstić information content (AvgIpc) is 2.59. The van der Waals surface area contributed by atoms with Gasteiger partial charge in [-0.3, -0.25) is 0 Å². The number of nitrogens with zero attached hydrogens (tertiary/aromatic N) is 3. The molecular formula is C20H22N4. The molecule has 2 N–H and O–H groups in total. The summed E-state index contributed by atoms with van der Waals surface area (Å²) in [6, 6.07) is 17.4. The number of benzene rings is 2. The summed E-state index contributed by atoms with van der Waals surface area (Å²) in [4.78, 5) is 11.1. The van der Waals surface area contributed by atoms with E-state index >= 15 is 0 Å². The monoisotopic (exact) mass is 318 g/mol. The van der Waals surface area contributed by atoms with E-state index in [1.54, 1.807) is 6.33 Å². The summed E-state index contributed by atoms with van der Waals surface area (Å²) in [5.74, 6) is 1.46. The van der Waals surface area contributed by atoms with Gasteiger partial charge in [-0.05, 0) is 29.2 Å². The van der Waals surface area contributed by atoms with Crippen molar-refractivity contribution in [2.24, 2.45) is 5.73 Å². The minimum atomic E-state index is 0.335. The van der Waals surface area contributed by atoms with Crippen molar-refractivity contribution in [2.45, 2.75) is 31.3 Å². The van der Waals surface area contributed by atoms with Crippen LogP contribution in [0.3, 0.4) is 0 Å². The fourth-order valence-corrected chi connectivity index (χ4v) is 3.46. The number of rotatable bonds is 4. The SMILES string of the molecule is CN(Cc1cccc2ccccc12)c1cc(C2CC(N)C2)ncn1. The fraction of sp³-hybridized carbons (Fsp3) is 0.300. The highest BCUT2D eigenvalue weighted by molar-refractivity contribution is 5.85. The van der Waals surface area contributed by atoms with Gasteiger partial charge in [-0.15, -0.1) is 0 Å². The normalized spacial score (nSPS) is 19.9. The summed E-state index contributed by atoms with van der Waals surface area (Å²) in [7, 11) is 2.08. The van der Waals surface area contributed by atoms with Crippen molar-refractivity contribution in [3.8, 4) is 0 Å². The molecule has 1 aromatic heterocycles. The van der Waals surface area contributed by atoms with Gasteiger partial charge >= 0.3 is 0 Å². The molecule has 0 amide bonds. The maximum Gasteiger partial charge on any atom is 0.132 e. The van der Waals surface area contributed by atoms with Gasteiger partial charge in [0.1, 0.15) is 12.1 Å². The van der Waals surface area contributed by atoms with E-state index < -0.39 is 0 Å². The molecule has 4 nitrogen and oxygen atoms in total. The van der Waals surface area contributed by atoms with Crippen LogP contribution in [-0.4, -0.2) is 23.1 Å². The zero-order chi connectivity index (χ0) is 16.5. The largest absolute Gasteiger partial charge is 0.355 e. The molecule has 4 heteroatoms. The maximum absolute atomic E-state index is 5.91. The van der Waals surface area contributed by atoms with Crippen molar-refractivity contribution < 1.29 is 0 Å². The third-order valence-electron chi connectivity index (χ3n) is 4.95. The number of fused-ring (bicyclic) bond motifs is 1. The van der Waals surface area contributed by atoms with Crippen LogP contribution in [0.1, 0.15) is 30.0 Å². The third-order valence-corrected chi connectivity index (χ3v) is 4.95. The lowest BCUT2D eigenvalue weighted by atomic mass is 9.78. The highest BCUT2D eigenvalue weighted by Crippen LogP contribution is 2.35. The molecule has 1 aliphatic rings. The van der Waals surface area contributed by atoms with Gasteiger partial charge in [0.2, 0.25) is 0 Å². The molecular weight excluding hydrogens is 296 g/mol. The van der Waals surface area contributed by atoms with E-state index in [-0.39, 0.29) is 0 Å². The second-order valence-electron chi connectivity index (χ2n) is 6.72. The van der Waals surface area contributed by atoms with Crippen LogP contribution in [0.15, 0.2) is 54.9 Å². The van der Waals surface area contributed by atoms with Crippen LogP contribution in [0, 0.1) is 0 Å². The second kappa shape index (κ2) is 6.21. The van der Waals surface area contributed by atoms with Gasteiger partial charge in [0.15, 0.2) is 0 Å². The van der Waals surface area contributed by atoms with Crippen LogP contribution in [0.5, 0.6) is 0 Å². The highest BCUT2D eigenvalue weighted by atomic mass is 15.2. The molecule has 0 aliphatic heterocycles. The Morgan fingerprint density at radius 2 is 1.88 bits per heavy atom. The molecule has 0 atom stereocenters. The molecule has 0 spiro atoms. The maximum atomic E-state index is 5.91. The van der Waals surface area contributed by atoms with Crippen molar-refractivity contribution in [1.29, 1.82) is 0 Å². The first kappa shape index (κ1) is 15.1. The Morgan fingerprint density at radius 3 is 2.71 bits per heavy atom. The topological polar surface area (TPSA) is 55.0 Å². The zero-order valence-corrected chi connectivity index (χ0v) is 13.9. The summed E-state index contributed by atoms with van der Waals surface area (Å²) < 4.78 is 0. The standard InChI is InChI=1S/C20H22N4/c1-24(12-15-7-4-6-14-5-2-3-8-18(14)15)20-11-19(22-13-23-20)16-9-17(21)10-16/h2-8,11,13,16-17H,9-10,12,21H2,1H3. The molecule has 0 bridgehead atoms. The predicted octanol–water partition coefficient (Wildman–Crippen LogP) is 3.47. The van der Waals surface area contributed by atoms with Crippen LogP contribution in [-0.2, 0) is 6.54 Å². The van der Waals surface area contributed by atoms with Crippen LogP contribution in [0.2, 0.25) is 0 Å². The molecule has 0 unspecified atom stereocenters. The van der Waals surface area contributed by atoms with Crippen molar-refractivity contribution in [3.63, 3.8) is 0 Å². The lowest BCUT2D eigenvalue weighted by molar-refractivity contribution is 0.345. The number of aromatic nitrogens is 2. The summed E-state index contributed by atoms with van der Waals surface area (Å²) in [6.45, 7) is 0.821. The van der Waals surface area contributed by atoms with Crippen molar-refractivity contribution in [3.05, 3.63) is 66.1 Å². The first-order valence-corrected chi connectivity index (χ1v) is 8.46. The first-order chi connectivity index (χ1) is 11.7. The smallest absolute Gasteiger partial charge is 0.132 e. The van der Waals surface area contributed by atoms with Gasteiger partial charge in [0.25, 0.3) is 0 Å². The van der Waals surface area contributed by atoms with Gasteiger partial charge in [-0.2, -0.15) is 0 Å². The minimum absolute atomic E-state index is 0.335. The number of hydrogen-bond donors (Lipinski definition) is 1. The molecule has 1 saturated carbocycles. The molecule has 24 heavy (non-hydrogen) atoms. The lowest BCUT2D eigenvalue weighted by Crippen LogP contribution is -2.35. The van der Waals surface area contributed by atoms with Gasteiger partial charge in [-0.1, -0.05) is 42.5 Å². The Morgan fingerprint density at radius 1 is 1.08 bits per heavy atom. The summed E-state index contributed by atoms with van der Waals surface area (Å²) >= 11 is 0. The quantitative estimate of drug-likeness (QED) is 0.800. The molecule has 122 valence electrons. The minimum Gasteiger partial charge on any atom is -0.355 e. The zero-order valence-electron chi connectivity index (χ0n) is 13.9. The van der Waals surface area contributed by atoms with Gasteiger partial charge < -0.3 is 10.6 Å². The first-order valence-electron chi connectivity index (χ1n) is 8.46. The van der Waals surface area contributed by atoms with Crippen LogP contribution >= 0.6 is 0 Å². The van der Waals surface area contributed by atoms with E-state index in [4.69, 9.17) is 5.73 Å². The highest BCUT2D eigenvalue weighted by Gasteiger charge is 2.28. The Bertz CT molecular complexity index is 850. The Balaban J connectivity index is 1.57. The van der Waals surface area contributed by atoms with Gasteiger partial charge in [0.05, 0.1) is 0 Å². The molecule has 2 aromatic carbocycles. The van der Waals surface area contributed by atoms with E-state index in [0.717, 1.165) is 30.9 Å². The average molecular weight is 318 g/mol. The summed E-state index contributed by atoms with van der Waals surface area (Å²) in [5, 5.41) is 2.57. The Kier molecular flexibility index (Phi) is 3.90. The van der Waals surface area contributed by atoms with Crippen LogP contribution < -0.4 is 10.6 Å². The number of anilines is 1.